The quantitative estimate of drug-likeness (QED) is 0.310. The normalized spacial score (nSPS) is 20.2. The number of methoxy groups -OCH3 is 1. The number of carbonyl (C=O) groups is 1. The van der Waals surface area contributed by atoms with Crippen LogP contribution in [0.25, 0.3) is 11.1 Å². The molecule has 0 spiro atoms. The van der Waals surface area contributed by atoms with Crippen LogP contribution in [0.3, 0.4) is 0 Å². The van der Waals surface area contributed by atoms with Crippen LogP contribution in [-0.4, -0.2) is 39.3 Å². The third-order valence-corrected chi connectivity index (χ3v) is 8.69. The summed E-state index contributed by atoms with van der Waals surface area (Å²) in [5, 5.41) is 4.52. The Hall–Kier alpha value is -3.22. The summed E-state index contributed by atoms with van der Waals surface area (Å²) >= 11 is 0. The number of nitrogens with zero attached hydrogens (tertiary/aromatic N) is 5. The van der Waals surface area contributed by atoms with Crippen molar-refractivity contribution in [1.82, 2.24) is 19.7 Å². The van der Waals surface area contributed by atoms with E-state index in [9.17, 15) is 4.79 Å². The zero-order valence-electron chi connectivity index (χ0n) is 24.0. The Bertz CT molecular complexity index is 1250. The monoisotopic (exact) mass is 529 g/mol. The van der Waals surface area contributed by atoms with Gasteiger partial charge in [-0.1, -0.05) is 19.3 Å². The van der Waals surface area contributed by atoms with Crippen molar-refractivity contribution in [3.05, 3.63) is 54.2 Å². The first-order valence-electron chi connectivity index (χ1n) is 14.8. The number of hydrogen-bond acceptors (Lipinski definition) is 5. The summed E-state index contributed by atoms with van der Waals surface area (Å²) in [4.78, 5) is 25.5. The molecule has 2 aliphatic rings. The van der Waals surface area contributed by atoms with E-state index in [0.717, 1.165) is 86.3 Å². The van der Waals surface area contributed by atoms with Crippen LogP contribution in [0.5, 0.6) is 5.75 Å². The van der Waals surface area contributed by atoms with Gasteiger partial charge in [0.05, 0.1) is 19.0 Å². The van der Waals surface area contributed by atoms with Gasteiger partial charge in [0, 0.05) is 48.1 Å². The van der Waals surface area contributed by atoms with Gasteiger partial charge in [-0.25, -0.2) is 4.98 Å². The molecule has 5 rings (SSSR count). The maximum Gasteiger partial charge on any atom is 0.231 e. The fourth-order valence-corrected chi connectivity index (χ4v) is 6.29. The molecule has 1 amide bonds. The van der Waals surface area contributed by atoms with E-state index in [1.54, 1.807) is 7.11 Å². The molecule has 0 radical (unpaired) electrons. The molecule has 2 aliphatic carbocycles. The van der Waals surface area contributed by atoms with Gasteiger partial charge in [-0.2, -0.15) is 5.10 Å². The summed E-state index contributed by atoms with van der Waals surface area (Å²) in [7, 11) is 1.69. The lowest BCUT2D eigenvalue weighted by atomic mass is 9.79. The Balaban J connectivity index is 1.33. The molecule has 0 unspecified atom stereocenters. The van der Waals surface area contributed by atoms with Gasteiger partial charge in [-0.15, -0.1) is 0 Å². The molecule has 7 nitrogen and oxygen atoms in total. The number of rotatable bonds is 8. The maximum atomic E-state index is 13.9. The van der Waals surface area contributed by atoms with Crippen molar-refractivity contribution in [2.75, 3.05) is 18.6 Å². The predicted molar refractivity (Wildman–Crippen MR) is 155 cm³/mol. The van der Waals surface area contributed by atoms with Gasteiger partial charge < -0.3 is 4.74 Å². The second kappa shape index (κ2) is 12.3. The number of anilines is 1. The third kappa shape index (κ3) is 6.34. The lowest BCUT2D eigenvalue weighted by Gasteiger charge is -2.34. The summed E-state index contributed by atoms with van der Waals surface area (Å²) in [6.07, 6.45) is 15.7. The highest BCUT2D eigenvalue weighted by atomic mass is 16.5. The minimum absolute atomic E-state index is 0.107. The standard InChI is InChI=1S/C32H43N5O2/c1-22(2)37-21-28(19-34-37)27-16-17-33-31(18-27)36(32(38)26-8-6-5-7-9-26)20-24-10-12-25(13-11-24)29-14-15-30(39-4)23(3)35-29/h14-19,21-22,24-26H,5-13,20H2,1-4H3. The van der Waals surface area contributed by atoms with Gasteiger partial charge in [0.2, 0.25) is 5.91 Å². The van der Waals surface area contributed by atoms with Gasteiger partial charge in [0.15, 0.2) is 0 Å². The molecule has 39 heavy (non-hydrogen) atoms. The number of aromatic nitrogens is 4. The Kier molecular flexibility index (Phi) is 8.63. The number of carbonyl (C=O) groups excluding carboxylic acids is 1. The third-order valence-electron chi connectivity index (χ3n) is 8.69. The number of pyridine rings is 2. The van der Waals surface area contributed by atoms with Crippen molar-refractivity contribution in [2.24, 2.45) is 11.8 Å². The van der Waals surface area contributed by atoms with Crippen molar-refractivity contribution in [2.45, 2.75) is 90.5 Å². The van der Waals surface area contributed by atoms with Gasteiger partial charge in [0.1, 0.15) is 11.6 Å². The predicted octanol–water partition coefficient (Wildman–Crippen LogP) is 7.13. The molecule has 3 aromatic heterocycles. The average Bonchev–Trinajstić information content (AvgIpc) is 3.48. The molecule has 0 aromatic carbocycles. The summed E-state index contributed by atoms with van der Waals surface area (Å²) in [5.74, 6) is 2.91. The van der Waals surface area contributed by atoms with Crippen molar-refractivity contribution in [3.8, 4) is 16.9 Å². The Morgan fingerprint density at radius 2 is 1.82 bits per heavy atom. The number of hydrogen-bond donors (Lipinski definition) is 0. The average molecular weight is 530 g/mol. The minimum atomic E-state index is 0.107. The van der Waals surface area contributed by atoms with Crippen LogP contribution < -0.4 is 9.64 Å². The molecule has 0 N–H and O–H groups in total. The Morgan fingerprint density at radius 3 is 2.49 bits per heavy atom. The van der Waals surface area contributed by atoms with Gasteiger partial charge in [-0.3, -0.25) is 19.4 Å². The van der Waals surface area contributed by atoms with Crippen LogP contribution in [0.1, 0.15) is 95.0 Å². The van der Waals surface area contributed by atoms with Gasteiger partial charge in [-0.05, 0) is 95.0 Å². The van der Waals surface area contributed by atoms with Gasteiger partial charge in [0.25, 0.3) is 0 Å². The molecule has 2 fully saturated rings. The Morgan fingerprint density at radius 1 is 1.05 bits per heavy atom. The maximum absolute atomic E-state index is 13.9. The van der Waals surface area contributed by atoms with Crippen LogP contribution in [0.2, 0.25) is 0 Å². The van der Waals surface area contributed by atoms with E-state index in [1.165, 1.54) is 12.1 Å². The summed E-state index contributed by atoms with van der Waals surface area (Å²) in [6, 6.07) is 8.56. The molecule has 3 heterocycles. The van der Waals surface area contributed by atoms with E-state index in [4.69, 9.17) is 14.7 Å². The van der Waals surface area contributed by atoms with Gasteiger partial charge >= 0.3 is 0 Å². The first kappa shape index (κ1) is 27.4. The first-order valence-corrected chi connectivity index (χ1v) is 14.8. The SMILES string of the molecule is COc1ccc(C2CCC(CN(C(=O)C3CCCCC3)c3cc(-c4cnn(C(C)C)c4)ccn3)CC2)nc1C. The second-order valence-corrected chi connectivity index (χ2v) is 11.7. The Labute approximate surface area is 233 Å². The van der Waals surface area contributed by atoms with Crippen LogP contribution >= 0.6 is 0 Å². The van der Waals surface area contributed by atoms with E-state index in [-0.39, 0.29) is 11.8 Å². The smallest absolute Gasteiger partial charge is 0.231 e. The molecule has 7 heteroatoms. The molecule has 208 valence electrons. The van der Waals surface area contributed by atoms with Crippen molar-refractivity contribution >= 4 is 11.7 Å². The van der Waals surface area contributed by atoms with Crippen molar-refractivity contribution < 1.29 is 9.53 Å². The summed E-state index contributed by atoms with van der Waals surface area (Å²) < 4.78 is 7.37. The number of aryl methyl sites for hydroxylation is 1. The fraction of sp³-hybridized carbons (Fsp3) is 0.562. The molecule has 3 aromatic rings. The molecule has 2 saturated carbocycles. The van der Waals surface area contributed by atoms with Crippen LogP contribution in [-0.2, 0) is 4.79 Å². The second-order valence-electron chi connectivity index (χ2n) is 11.7. The van der Waals surface area contributed by atoms with Crippen LogP contribution in [0.15, 0.2) is 42.9 Å². The highest BCUT2D eigenvalue weighted by Gasteiger charge is 2.32. The van der Waals surface area contributed by atoms with E-state index in [2.05, 4.69) is 37.3 Å². The van der Waals surface area contributed by atoms with E-state index in [0.29, 0.717) is 17.9 Å². The topological polar surface area (TPSA) is 73.1 Å². The summed E-state index contributed by atoms with van der Waals surface area (Å²) in [5.41, 5.74) is 4.22. The van der Waals surface area contributed by atoms with Crippen molar-refractivity contribution in [1.29, 1.82) is 0 Å². The molecule has 0 atom stereocenters. The zero-order chi connectivity index (χ0) is 27.4. The van der Waals surface area contributed by atoms with Crippen LogP contribution in [0.4, 0.5) is 5.82 Å². The number of amides is 1. The van der Waals surface area contributed by atoms with E-state index in [1.807, 2.05) is 41.0 Å². The minimum Gasteiger partial charge on any atom is -0.495 e. The van der Waals surface area contributed by atoms with Crippen LogP contribution in [0, 0.1) is 18.8 Å². The summed E-state index contributed by atoms with van der Waals surface area (Å²) in [6.45, 7) is 7.00. The first-order chi connectivity index (χ1) is 18.9. The highest BCUT2D eigenvalue weighted by molar-refractivity contribution is 5.94. The van der Waals surface area contributed by atoms with E-state index >= 15 is 0 Å². The van der Waals surface area contributed by atoms with Crippen molar-refractivity contribution in [3.63, 3.8) is 0 Å². The highest BCUT2D eigenvalue weighted by Crippen LogP contribution is 2.37. The molecular weight excluding hydrogens is 486 g/mol. The zero-order valence-corrected chi connectivity index (χ0v) is 24.0. The molecular formula is C32H43N5O2. The lowest BCUT2D eigenvalue weighted by Crippen LogP contribution is -2.41. The molecule has 0 saturated heterocycles. The number of ether oxygens (including phenoxy) is 1. The fourth-order valence-electron chi connectivity index (χ4n) is 6.29. The lowest BCUT2D eigenvalue weighted by molar-refractivity contribution is -0.123. The molecule has 0 aliphatic heterocycles. The largest absolute Gasteiger partial charge is 0.495 e. The molecule has 0 bridgehead atoms. The van der Waals surface area contributed by atoms with E-state index < -0.39 is 0 Å².